The lowest BCUT2D eigenvalue weighted by molar-refractivity contribution is 0.454. The van der Waals surface area contributed by atoms with Crippen LogP contribution in [0.1, 0.15) is 18.1 Å². The van der Waals surface area contributed by atoms with E-state index in [0.717, 1.165) is 5.56 Å². The summed E-state index contributed by atoms with van der Waals surface area (Å²) in [5.74, 6) is -1.23. The molecule has 0 fully saturated rings. The first-order valence-electron chi connectivity index (χ1n) is 5.98. The van der Waals surface area contributed by atoms with Gasteiger partial charge in [-0.3, -0.25) is 0 Å². The van der Waals surface area contributed by atoms with Crippen LogP contribution >= 0.6 is 27.5 Å². The van der Waals surface area contributed by atoms with Gasteiger partial charge >= 0.3 is 0 Å². The molecule has 0 radical (unpaired) electrons. The third-order valence-corrected chi connectivity index (χ3v) is 4.01. The van der Waals surface area contributed by atoms with Gasteiger partial charge in [0.2, 0.25) is 0 Å². The maximum atomic E-state index is 14.0. The van der Waals surface area contributed by atoms with Crippen LogP contribution in [0, 0.1) is 11.6 Å². The van der Waals surface area contributed by atoms with Crippen molar-refractivity contribution in [3.05, 3.63) is 68.7 Å². The smallest absolute Gasteiger partial charge is 0.143 e. The lowest BCUT2D eigenvalue weighted by Gasteiger charge is -2.26. The van der Waals surface area contributed by atoms with E-state index in [4.69, 9.17) is 17.3 Å². The van der Waals surface area contributed by atoms with Gasteiger partial charge in [-0.25, -0.2) is 8.78 Å². The summed E-state index contributed by atoms with van der Waals surface area (Å²) in [6.45, 7) is 1.72. The molecule has 0 bridgehead atoms. The zero-order valence-corrected chi connectivity index (χ0v) is 13.1. The van der Waals surface area contributed by atoms with Crippen molar-refractivity contribution in [3.8, 4) is 0 Å². The first kappa shape index (κ1) is 15.4. The summed E-state index contributed by atoms with van der Waals surface area (Å²) in [4.78, 5) is 0. The van der Waals surface area contributed by atoms with Crippen LogP contribution in [0.25, 0.3) is 0 Å². The highest BCUT2D eigenvalue weighted by atomic mass is 79.9. The van der Waals surface area contributed by atoms with E-state index >= 15 is 0 Å². The van der Waals surface area contributed by atoms with Crippen molar-refractivity contribution in [2.45, 2.75) is 18.9 Å². The fourth-order valence-corrected chi connectivity index (χ4v) is 2.61. The van der Waals surface area contributed by atoms with Gasteiger partial charge in [0, 0.05) is 22.5 Å². The Hall–Kier alpha value is -0.970. The van der Waals surface area contributed by atoms with E-state index < -0.39 is 17.2 Å². The molecule has 0 heterocycles. The first-order chi connectivity index (χ1) is 9.31. The summed E-state index contributed by atoms with van der Waals surface area (Å²) in [5, 5.41) is 0.536. The minimum absolute atomic E-state index is 0.0322. The van der Waals surface area contributed by atoms with E-state index in [9.17, 15) is 8.78 Å². The molecule has 0 aliphatic carbocycles. The molecule has 2 N–H and O–H groups in total. The summed E-state index contributed by atoms with van der Waals surface area (Å²) in [6, 6.07) is 9.53. The van der Waals surface area contributed by atoms with Gasteiger partial charge in [-0.1, -0.05) is 23.7 Å². The molecule has 0 aliphatic heterocycles. The van der Waals surface area contributed by atoms with Gasteiger partial charge in [-0.2, -0.15) is 0 Å². The van der Waals surface area contributed by atoms with Gasteiger partial charge in [-0.05, 0) is 52.7 Å². The Labute approximate surface area is 129 Å². The third-order valence-electron chi connectivity index (χ3n) is 3.17. The molecule has 1 nitrogen and oxygen atoms in total. The number of nitrogens with two attached hydrogens (primary N) is 1. The number of halogens is 4. The molecule has 2 rings (SSSR count). The van der Waals surface area contributed by atoms with Crippen molar-refractivity contribution in [3.63, 3.8) is 0 Å². The highest BCUT2D eigenvalue weighted by Gasteiger charge is 2.26. The standard InChI is InChI=1S/C15H13BrClF2N/c1-15(20,9-3-2-4-10(17)7-9)8-11-13(18)6-5-12(16)14(11)19/h2-7H,8,20H2,1H3. The molecule has 0 amide bonds. The summed E-state index contributed by atoms with van der Waals surface area (Å²) < 4.78 is 28.1. The Balaban J connectivity index is 2.40. The van der Waals surface area contributed by atoms with Gasteiger partial charge in [0.25, 0.3) is 0 Å². The number of hydrogen-bond donors (Lipinski definition) is 1. The Morgan fingerprint density at radius 1 is 1.25 bits per heavy atom. The Morgan fingerprint density at radius 2 is 1.95 bits per heavy atom. The molecule has 1 atom stereocenters. The van der Waals surface area contributed by atoms with Gasteiger partial charge < -0.3 is 5.73 Å². The second-order valence-electron chi connectivity index (χ2n) is 4.93. The quantitative estimate of drug-likeness (QED) is 0.782. The van der Waals surface area contributed by atoms with Crippen molar-refractivity contribution in [2.75, 3.05) is 0 Å². The van der Waals surface area contributed by atoms with E-state index in [1.807, 2.05) is 0 Å². The van der Waals surface area contributed by atoms with E-state index in [0.29, 0.717) is 5.02 Å². The van der Waals surface area contributed by atoms with Crippen molar-refractivity contribution >= 4 is 27.5 Å². The molecule has 0 saturated heterocycles. The summed E-state index contributed by atoms with van der Waals surface area (Å²) in [5.41, 5.74) is 5.98. The highest BCUT2D eigenvalue weighted by Crippen LogP contribution is 2.29. The molecular weight excluding hydrogens is 348 g/mol. The normalized spacial score (nSPS) is 14.1. The fraction of sp³-hybridized carbons (Fsp3) is 0.200. The lowest BCUT2D eigenvalue weighted by atomic mass is 9.86. The minimum atomic E-state index is -0.923. The number of rotatable bonds is 3. The topological polar surface area (TPSA) is 26.0 Å². The van der Waals surface area contributed by atoms with E-state index in [1.54, 1.807) is 31.2 Å². The molecule has 5 heteroatoms. The van der Waals surface area contributed by atoms with Crippen LogP contribution in [-0.4, -0.2) is 0 Å². The van der Waals surface area contributed by atoms with Crippen LogP contribution < -0.4 is 5.73 Å². The van der Waals surface area contributed by atoms with E-state index in [2.05, 4.69) is 15.9 Å². The molecule has 1 unspecified atom stereocenters. The van der Waals surface area contributed by atoms with E-state index in [-0.39, 0.29) is 16.5 Å². The highest BCUT2D eigenvalue weighted by molar-refractivity contribution is 9.10. The molecule has 0 spiro atoms. The predicted molar refractivity (Wildman–Crippen MR) is 80.8 cm³/mol. The monoisotopic (exact) mass is 359 g/mol. The average Bonchev–Trinajstić information content (AvgIpc) is 2.39. The predicted octanol–water partition coefficient (Wildman–Crippen LogP) is 4.80. The molecule has 106 valence electrons. The third kappa shape index (κ3) is 3.19. The van der Waals surface area contributed by atoms with Crippen LogP contribution in [0.4, 0.5) is 8.78 Å². The molecule has 20 heavy (non-hydrogen) atoms. The lowest BCUT2D eigenvalue weighted by Crippen LogP contribution is -2.36. The van der Waals surface area contributed by atoms with Crippen LogP contribution in [-0.2, 0) is 12.0 Å². The van der Waals surface area contributed by atoms with Gasteiger partial charge in [-0.15, -0.1) is 0 Å². The minimum Gasteiger partial charge on any atom is -0.321 e. The van der Waals surface area contributed by atoms with Crippen molar-refractivity contribution in [1.29, 1.82) is 0 Å². The van der Waals surface area contributed by atoms with Gasteiger partial charge in [0.05, 0.1) is 4.47 Å². The van der Waals surface area contributed by atoms with Crippen LogP contribution in [0.15, 0.2) is 40.9 Å². The van der Waals surface area contributed by atoms with Crippen LogP contribution in [0.2, 0.25) is 5.02 Å². The molecule has 2 aromatic carbocycles. The first-order valence-corrected chi connectivity index (χ1v) is 7.15. The van der Waals surface area contributed by atoms with Crippen LogP contribution in [0.5, 0.6) is 0 Å². The fourth-order valence-electron chi connectivity index (χ4n) is 2.04. The zero-order valence-electron chi connectivity index (χ0n) is 10.8. The van der Waals surface area contributed by atoms with Gasteiger partial charge in [0.15, 0.2) is 0 Å². The Morgan fingerprint density at radius 3 is 2.60 bits per heavy atom. The van der Waals surface area contributed by atoms with Crippen molar-refractivity contribution < 1.29 is 8.78 Å². The second-order valence-corrected chi connectivity index (χ2v) is 6.22. The number of hydrogen-bond acceptors (Lipinski definition) is 1. The molecule has 2 aromatic rings. The maximum Gasteiger partial charge on any atom is 0.143 e. The average molecular weight is 361 g/mol. The Kier molecular flexibility index (Phi) is 4.47. The number of benzene rings is 2. The Bertz CT molecular complexity index is 644. The largest absolute Gasteiger partial charge is 0.321 e. The van der Waals surface area contributed by atoms with E-state index in [1.165, 1.54) is 12.1 Å². The van der Waals surface area contributed by atoms with Crippen LogP contribution in [0.3, 0.4) is 0 Å². The van der Waals surface area contributed by atoms with Gasteiger partial charge in [0.1, 0.15) is 11.6 Å². The molecule has 0 saturated carbocycles. The zero-order chi connectivity index (χ0) is 14.9. The summed E-state index contributed by atoms with van der Waals surface area (Å²) in [6.07, 6.45) is 0.0322. The SMILES string of the molecule is CC(N)(Cc1c(F)ccc(Br)c1F)c1cccc(Cl)c1. The van der Waals surface area contributed by atoms with Crippen molar-refractivity contribution in [1.82, 2.24) is 0 Å². The molecule has 0 aliphatic rings. The molecule has 0 aromatic heterocycles. The summed E-state index contributed by atoms with van der Waals surface area (Å²) >= 11 is 8.98. The molecular formula is C15H13BrClF2N. The summed E-state index contributed by atoms with van der Waals surface area (Å²) in [7, 11) is 0. The van der Waals surface area contributed by atoms with Crippen molar-refractivity contribution in [2.24, 2.45) is 5.73 Å². The maximum absolute atomic E-state index is 14.0. The second kappa shape index (κ2) is 5.80.